The Morgan fingerprint density at radius 3 is 2.85 bits per heavy atom. The number of carbonyl (C=O) groups is 1. The van der Waals surface area contributed by atoms with E-state index in [1.54, 1.807) is 17.9 Å². The van der Waals surface area contributed by atoms with Crippen LogP contribution >= 0.6 is 0 Å². The van der Waals surface area contributed by atoms with Crippen LogP contribution in [0, 0.1) is 24.2 Å². The summed E-state index contributed by atoms with van der Waals surface area (Å²) in [6, 6.07) is 3.85. The van der Waals surface area contributed by atoms with Crippen molar-refractivity contribution in [2.45, 2.75) is 50.4 Å². The predicted octanol–water partition coefficient (Wildman–Crippen LogP) is 0.914. The number of rotatable bonds is 3. The molecule has 144 valence electrons. The Morgan fingerprint density at radius 2 is 2.19 bits per heavy atom. The van der Waals surface area contributed by atoms with Crippen molar-refractivity contribution in [3.63, 3.8) is 0 Å². The number of amides is 1. The molecule has 7 nitrogen and oxygen atoms in total. The van der Waals surface area contributed by atoms with Crippen molar-refractivity contribution in [1.82, 2.24) is 26.1 Å². The van der Waals surface area contributed by atoms with Gasteiger partial charge in [-0.2, -0.15) is 5.26 Å². The first kappa shape index (κ1) is 18.2. The minimum atomic E-state index is -2.60. The average molecular weight is 376 g/mol. The van der Waals surface area contributed by atoms with Crippen molar-refractivity contribution < 1.29 is 13.6 Å². The number of nitriles is 1. The Hall–Kier alpha value is -2.15. The Kier molecular flexibility index (Phi) is 4.58. The number of nitrogens with one attached hydrogen (secondary N) is 3. The molecule has 1 amide bonds. The highest BCUT2D eigenvalue weighted by Crippen LogP contribution is 2.37. The summed E-state index contributed by atoms with van der Waals surface area (Å²) in [5.74, 6) is -2.69. The summed E-state index contributed by atoms with van der Waals surface area (Å²) in [6.07, 6.45) is 3.66. The molecule has 9 heteroatoms. The van der Waals surface area contributed by atoms with Crippen LogP contribution in [0.15, 0.2) is 12.3 Å². The number of aromatic nitrogens is 1. The number of nitrogens with zero attached hydrogens (tertiary/aromatic N) is 3. The molecule has 0 aromatic carbocycles. The monoisotopic (exact) mass is 376 g/mol. The van der Waals surface area contributed by atoms with Crippen LogP contribution in [0.4, 0.5) is 8.78 Å². The van der Waals surface area contributed by atoms with Gasteiger partial charge in [-0.25, -0.2) is 19.2 Å². The third-order valence-electron chi connectivity index (χ3n) is 5.74. The van der Waals surface area contributed by atoms with E-state index in [-0.39, 0.29) is 43.2 Å². The van der Waals surface area contributed by atoms with Gasteiger partial charge >= 0.3 is 0 Å². The number of likely N-dealkylation sites (tertiary alicyclic amines) is 1. The van der Waals surface area contributed by atoms with Crippen LogP contribution in [0.5, 0.6) is 0 Å². The number of hydrogen-bond donors (Lipinski definition) is 3. The van der Waals surface area contributed by atoms with Gasteiger partial charge in [-0.3, -0.25) is 15.1 Å². The quantitative estimate of drug-likeness (QED) is 0.726. The molecule has 3 heterocycles. The van der Waals surface area contributed by atoms with E-state index in [0.717, 1.165) is 19.3 Å². The Morgan fingerprint density at radius 1 is 1.41 bits per heavy atom. The first-order valence-electron chi connectivity index (χ1n) is 9.17. The number of carbonyl (C=O) groups excluding carboxylic acids is 1. The SMILES string of the molecule is Cc1cc(C#N)cnc1C(=O)NC1CCC2NNC(N3CC(F)(F)C3)C2C1. The average Bonchev–Trinajstić information content (AvgIpc) is 3.02. The summed E-state index contributed by atoms with van der Waals surface area (Å²) >= 11 is 0. The molecular formula is C18H22F2N6O. The fourth-order valence-corrected chi connectivity index (χ4v) is 4.40. The van der Waals surface area contributed by atoms with E-state index in [1.165, 1.54) is 6.20 Å². The van der Waals surface area contributed by atoms with Crippen LogP contribution in [0.2, 0.25) is 0 Å². The molecule has 1 aromatic heterocycles. The molecule has 3 N–H and O–H groups in total. The van der Waals surface area contributed by atoms with E-state index in [1.807, 2.05) is 6.07 Å². The predicted molar refractivity (Wildman–Crippen MR) is 92.7 cm³/mol. The maximum atomic E-state index is 13.2. The molecule has 3 aliphatic rings. The third-order valence-corrected chi connectivity index (χ3v) is 5.74. The summed E-state index contributed by atoms with van der Waals surface area (Å²) in [5.41, 5.74) is 7.77. The fraction of sp³-hybridized carbons (Fsp3) is 0.611. The van der Waals surface area contributed by atoms with Gasteiger partial charge in [0.1, 0.15) is 11.8 Å². The van der Waals surface area contributed by atoms with Gasteiger partial charge in [0.15, 0.2) is 0 Å². The van der Waals surface area contributed by atoms with E-state index in [0.29, 0.717) is 16.8 Å². The lowest BCUT2D eigenvalue weighted by atomic mass is 9.80. The Bertz CT molecular complexity index is 787. The number of hydrazine groups is 1. The van der Waals surface area contributed by atoms with Crippen LogP contribution in [-0.4, -0.2) is 53.1 Å². The van der Waals surface area contributed by atoms with E-state index in [4.69, 9.17) is 5.26 Å². The van der Waals surface area contributed by atoms with Gasteiger partial charge in [0, 0.05) is 24.2 Å². The molecule has 1 aromatic rings. The smallest absolute Gasteiger partial charge is 0.273 e. The molecule has 0 bridgehead atoms. The number of alkyl halides is 2. The summed E-state index contributed by atoms with van der Waals surface area (Å²) in [4.78, 5) is 18.5. The van der Waals surface area contributed by atoms with Crippen LogP contribution in [-0.2, 0) is 0 Å². The second-order valence-corrected chi connectivity index (χ2v) is 7.75. The number of halogens is 2. The van der Waals surface area contributed by atoms with Crippen molar-refractivity contribution in [1.29, 1.82) is 5.26 Å². The first-order chi connectivity index (χ1) is 12.9. The van der Waals surface area contributed by atoms with Gasteiger partial charge in [0.2, 0.25) is 0 Å². The molecule has 4 unspecified atom stereocenters. The maximum Gasteiger partial charge on any atom is 0.273 e. The number of hydrogen-bond acceptors (Lipinski definition) is 6. The molecule has 2 saturated heterocycles. The summed E-state index contributed by atoms with van der Waals surface area (Å²) in [7, 11) is 0. The van der Waals surface area contributed by atoms with Gasteiger partial charge in [0.05, 0.1) is 24.8 Å². The highest BCUT2D eigenvalue weighted by atomic mass is 19.3. The lowest BCUT2D eigenvalue weighted by Gasteiger charge is -2.45. The summed E-state index contributed by atoms with van der Waals surface area (Å²) in [5, 5.41) is 11.9. The molecular weight excluding hydrogens is 354 g/mol. The molecule has 1 aliphatic carbocycles. The normalized spacial score (nSPS) is 32.2. The van der Waals surface area contributed by atoms with E-state index >= 15 is 0 Å². The highest BCUT2D eigenvalue weighted by Gasteiger charge is 2.52. The molecule has 3 fully saturated rings. The fourth-order valence-electron chi connectivity index (χ4n) is 4.40. The lowest BCUT2D eigenvalue weighted by Crippen LogP contribution is -2.64. The number of aryl methyl sites for hydroxylation is 1. The largest absolute Gasteiger partial charge is 0.348 e. The molecule has 1 saturated carbocycles. The van der Waals surface area contributed by atoms with E-state index in [2.05, 4.69) is 21.2 Å². The number of fused-ring (bicyclic) bond motifs is 1. The van der Waals surface area contributed by atoms with E-state index < -0.39 is 5.92 Å². The molecule has 2 aliphatic heterocycles. The standard InChI is InChI=1S/C18H22F2N6O/c1-10-4-11(6-21)7-22-15(10)17(27)23-12-2-3-14-13(5-12)16(25-24-14)26-8-18(19,20)9-26/h4,7,12-14,16,24-25H,2-3,5,8-9H2,1H3,(H,23,27). The van der Waals surface area contributed by atoms with Gasteiger partial charge in [-0.1, -0.05) is 0 Å². The minimum absolute atomic E-state index is 0.0263. The zero-order valence-corrected chi connectivity index (χ0v) is 15.0. The van der Waals surface area contributed by atoms with Crippen LogP contribution in [0.1, 0.15) is 40.9 Å². The summed E-state index contributed by atoms with van der Waals surface area (Å²) < 4.78 is 26.4. The van der Waals surface area contributed by atoms with Gasteiger partial charge < -0.3 is 5.32 Å². The van der Waals surface area contributed by atoms with Crippen LogP contribution in [0.3, 0.4) is 0 Å². The van der Waals surface area contributed by atoms with Crippen molar-refractivity contribution >= 4 is 5.91 Å². The van der Waals surface area contributed by atoms with Crippen molar-refractivity contribution in [3.8, 4) is 6.07 Å². The summed E-state index contributed by atoms with van der Waals surface area (Å²) in [6.45, 7) is 1.31. The van der Waals surface area contributed by atoms with Crippen molar-refractivity contribution in [2.24, 2.45) is 5.92 Å². The minimum Gasteiger partial charge on any atom is -0.348 e. The van der Waals surface area contributed by atoms with Crippen molar-refractivity contribution in [3.05, 3.63) is 29.1 Å². The van der Waals surface area contributed by atoms with Gasteiger partial charge in [0.25, 0.3) is 11.8 Å². The second kappa shape index (κ2) is 6.78. The zero-order chi connectivity index (χ0) is 19.2. The van der Waals surface area contributed by atoms with Gasteiger partial charge in [-0.05, 0) is 37.8 Å². The molecule has 27 heavy (non-hydrogen) atoms. The topological polar surface area (TPSA) is 93.1 Å². The highest BCUT2D eigenvalue weighted by molar-refractivity contribution is 5.93. The van der Waals surface area contributed by atoms with Gasteiger partial charge in [-0.15, -0.1) is 0 Å². The Balaban J connectivity index is 1.39. The van der Waals surface area contributed by atoms with Crippen LogP contribution < -0.4 is 16.2 Å². The lowest BCUT2D eigenvalue weighted by molar-refractivity contribution is -0.155. The molecule has 4 rings (SSSR count). The van der Waals surface area contributed by atoms with E-state index in [9.17, 15) is 13.6 Å². The molecule has 4 atom stereocenters. The third kappa shape index (κ3) is 3.52. The number of pyridine rings is 1. The zero-order valence-electron chi connectivity index (χ0n) is 15.0. The van der Waals surface area contributed by atoms with Crippen molar-refractivity contribution in [2.75, 3.05) is 13.1 Å². The van der Waals surface area contributed by atoms with Crippen LogP contribution in [0.25, 0.3) is 0 Å². The molecule has 0 radical (unpaired) electrons. The first-order valence-corrected chi connectivity index (χ1v) is 9.17. The molecule has 0 spiro atoms. The Labute approximate surface area is 156 Å². The second-order valence-electron chi connectivity index (χ2n) is 7.75. The maximum absolute atomic E-state index is 13.2.